The quantitative estimate of drug-likeness (QED) is 0.341. The summed E-state index contributed by atoms with van der Waals surface area (Å²) in [6, 6.07) is 15.5. The van der Waals surface area contributed by atoms with Crippen molar-refractivity contribution < 1.29 is 9.59 Å². The lowest BCUT2D eigenvalue weighted by Gasteiger charge is -2.09. The molecule has 0 atom stereocenters. The van der Waals surface area contributed by atoms with E-state index in [9.17, 15) is 9.59 Å². The zero-order valence-electron chi connectivity index (χ0n) is 17.3. The average Bonchev–Trinajstić information content (AvgIpc) is 3.28. The lowest BCUT2D eigenvalue weighted by molar-refractivity contribution is 0.104. The van der Waals surface area contributed by atoms with E-state index >= 15 is 0 Å². The van der Waals surface area contributed by atoms with Gasteiger partial charge in [0.1, 0.15) is 5.65 Å². The summed E-state index contributed by atoms with van der Waals surface area (Å²) in [6.45, 7) is 0. The minimum Gasteiger partial charge on any atom is -0.345 e. The first-order valence-electron chi connectivity index (χ1n) is 10.2. The van der Waals surface area contributed by atoms with Crippen LogP contribution in [0, 0.1) is 0 Å². The lowest BCUT2D eigenvalue weighted by Crippen LogP contribution is -2.19. The van der Waals surface area contributed by atoms with Gasteiger partial charge in [-0.2, -0.15) is 0 Å². The number of aromatic amines is 1. The fourth-order valence-corrected chi connectivity index (χ4v) is 3.50. The van der Waals surface area contributed by atoms with Crippen LogP contribution in [-0.4, -0.2) is 31.8 Å². The molecule has 33 heavy (non-hydrogen) atoms. The van der Waals surface area contributed by atoms with Gasteiger partial charge in [-0.15, -0.1) is 0 Å². The molecule has 0 saturated heterocycles. The van der Waals surface area contributed by atoms with Gasteiger partial charge in [-0.3, -0.25) is 14.8 Å². The van der Waals surface area contributed by atoms with Gasteiger partial charge in [-0.1, -0.05) is 18.2 Å². The van der Waals surface area contributed by atoms with Crippen LogP contribution in [0.5, 0.6) is 0 Å². The number of nitrogens with one attached hydrogen (secondary N) is 3. The number of carbonyl (C=O) groups excluding carboxylic acids is 2. The second kappa shape index (κ2) is 8.72. The molecule has 0 bridgehead atoms. The maximum absolute atomic E-state index is 13.3. The van der Waals surface area contributed by atoms with Crippen molar-refractivity contribution >= 4 is 34.2 Å². The van der Waals surface area contributed by atoms with Gasteiger partial charge >= 0.3 is 6.03 Å². The summed E-state index contributed by atoms with van der Waals surface area (Å²) in [4.78, 5) is 41.2. The van der Waals surface area contributed by atoms with E-state index in [2.05, 4.69) is 30.6 Å². The van der Waals surface area contributed by atoms with Gasteiger partial charge in [0.15, 0.2) is 5.78 Å². The Labute approximate surface area is 188 Å². The molecule has 1 aromatic carbocycles. The molecule has 5 aromatic rings. The normalized spacial score (nSPS) is 10.7. The van der Waals surface area contributed by atoms with E-state index in [1.165, 1.54) is 0 Å². The van der Waals surface area contributed by atoms with Gasteiger partial charge in [0, 0.05) is 76.2 Å². The molecular formula is C25H18N6O2. The first kappa shape index (κ1) is 20.1. The number of fused-ring (bicyclic) bond motifs is 1. The predicted molar refractivity (Wildman–Crippen MR) is 126 cm³/mol. The standard InChI is InChI=1S/C25H18N6O2/c32-23(16-3-1-5-20(11-16)31-25(33)30-19-6-9-26-10-7-19)22-15-29-24-21(22)12-18(14-28-24)17-4-2-8-27-13-17/h1-15H,(H,28,29)(H2,26,30,31,33). The number of hydrogen-bond acceptors (Lipinski definition) is 5. The van der Waals surface area contributed by atoms with E-state index in [4.69, 9.17) is 0 Å². The zero-order chi connectivity index (χ0) is 22.6. The predicted octanol–water partition coefficient (Wildman–Crippen LogP) is 4.89. The Morgan fingerprint density at radius 3 is 2.45 bits per heavy atom. The number of aromatic nitrogens is 4. The molecule has 0 spiro atoms. The van der Waals surface area contributed by atoms with Crippen LogP contribution in [0.3, 0.4) is 0 Å². The number of carbonyl (C=O) groups is 2. The molecule has 160 valence electrons. The second-order valence-corrected chi connectivity index (χ2v) is 7.29. The van der Waals surface area contributed by atoms with Crippen molar-refractivity contribution in [2.45, 2.75) is 0 Å². The lowest BCUT2D eigenvalue weighted by atomic mass is 10.0. The summed E-state index contributed by atoms with van der Waals surface area (Å²) in [7, 11) is 0. The van der Waals surface area contributed by atoms with Crippen molar-refractivity contribution in [3.8, 4) is 11.1 Å². The fourth-order valence-electron chi connectivity index (χ4n) is 3.50. The zero-order valence-corrected chi connectivity index (χ0v) is 17.3. The SMILES string of the molecule is O=C(Nc1ccncc1)Nc1cccc(C(=O)c2c[nH]c3ncc(-c4cccnc4)cc23)c1. The second-order valence-electron chi connectivity index (χ2n) is 7.29. The van der Waals surface area contributed by atoms with E-state index in [0.717, 1.165) is 16.5 Å². The Bertz CT molecular complexity index is 1450. The van der Waals surface area contributed by atoms with Crippen LogP contribution in [0.25, 0.3) is 22.2 Å². The molecule has 4 aromatic heterocycles. The smallest absolute Gasteiger partial charge is 0.323 e. The summed E-state index contributed by atoms with van der Waals surface area (Å²) in [6.07, 6.45) is 10.0. The number of anilines is 2. The van der Waals surface area contributed by atoms with E-state index < -0.39 is 6.03 Å². The highest BCUT2D eigenvalue weighted by atomic mass is 16.2. The topological polar surface area (TPSA) is 113 Å². The van der Waals surface area contributed by atoms with E-state index in [-0.39, 0.29) is 5.78 Å². The minimum absolute atomic E-state index is 0.176. The van der Waals surface area contributed by atoms with Crippen molar-refractivity contribution in [1.29, 1.82) is 0 Å². The van der Waals surface area contributed by atoms with Crippen LogP contribution in [0.4, 0.5) is 16.2 Å². The van der Waals surface area contributed by atoms with Gasteiger partial charge in [0.25, 0.3) is 0 Å². The van der Waals surface area contributed by atoms with Gasteiger partial charge < -0.3 is 15.6 Å². The third-order valence-corrected chi connectivity index (χ3v) is 5.09. The van der Waals surface area contributed by atoms with Crippen LogP contribution in [-0.2, 0) is 0 Å². The summed E-state index contributed by atoms with van der Waals surface area (Å²) in [5.41, 5.74) is 4.47. The van der Waals surface area contributed by atoms with Gasteiger partial charge in [-0.05, 0) is 36.4 Å². The van der Waals surface area contributed by atoms with Crippen LogP contribution in [0.1, 0.15) is 15.9 Å². The fraction of sp³-hybridized carbons (Fsp3) is 0. The summed E-state index contributed by atoms with van der Waals surface area (Å²) in [5.74, 6) is -0.176. The van der Waals surface area contributed by atoms with Gasteiger partial charge in [0.2, 0.25) is 0 Å². The Morgan fingerprint density at radius 2 is 1.64 bits per heavy atom. The third-order valence-electron chi connectivity index (χ3n) is 5.09. The van der Waals surface area contributed by atoms with Crippen molar-refractivity contribution in [3.05, 3.63) is 103 Å². The molecule has 2 amide bonds. The third kappa shape index (κ3) is 4.31. The minimum atomic E-state index is -0.414. The van der Waals surface area contributed by atoms with Crippen LogP contribution in [0.2, 0.25) is 0 Å². The molecule has 0 aliphatic carbocycles. The Morgan fingerprint density at radius 1 is 0.788 bits per heavy atom. The maximum atomic E-state index is 13.3. The van der Waals surface area contributed by atoms with Crippen molar-refractivity contribution in [3.63, 3.8) is 0 Å². The molecule has 8 nitrogen and oxygen atoms in total. The Kier molecular flexibility index (Phi) is 5.30. The number of rotatable bonds is 5. The number of hydrogen-bond donors (Lipinski definition) is 3. The highest BCUT2D eigenvalue weighted by molar-refractivity contribution is 6.16. The average molecular weight is 434 g/mol. The molecule has 8 heteroatoms. The van der Waals surface area contributed by atoms with Crippen molar-refractivity contribution in [1.82, 2.24) is 19.9 Å². The highest BCUT2D eigenvalue weighted by Crippen LogP contribution is 2.26. The van der Waals surface area contributed by atoms with Gasteiger partial charge in [0.05, 0.1) is 0 Å². The molecule has 0 unspecified atom stereocenters. The number of ketones is 1. The molecule has 0 radical (unpaired) electrons. The Hall–Kier alpha value is -4.85. The van der Waals surface area contributed by atoms with Crippen molar-refractivity contribution in [2.75, 3.05) is 10.6 Å². The number of nitrogens with zero attached hydrogens (tertiary/aromatic N) is 3. The van der Waals surface area contributed by atoms with Crippen LogP contribution >= 0.6 is 0 Å². The van der Waals surface area contributed by atoms with E-state index in [1.807, 2.05) is 18.2 Å². The first-order chi connectivity index (χ1) is 16.2. The van der Waals surface area contributed by atoms with E-state index in [1.54, 1.807) is 73.6 Å². The number of benzene rings is 1. The number of urea groups is 1. The molecule has 0 aliphatic heterocycles. The molecular weight excluding hydrogens is 416 g/mol. The molecule has 0 fully saturated rings. The summed E-state index contributed by atoms with van der Waals surface area (Å²) < 4.78 is 0. The number of pyridine rings is 3. The largest absolute Gasteiger partial charge is 0.345 e. The highest BCUT2D eigenvalue weighted by Gasteiger charge is 2.16. The van der Waals surface area contributed by atoms with Crippen molar-refractivity contribution in [2.24, 2.45) is 0 Å². The molecule has 5 rings (SSSR count). The monoisotopic (exact) mass is 434 g/mol. The number of H-pyrrole nitrogens is 1. The van der Waals surface area contributed by atoms with Crippen LogP contribution in [0.15, 0.2) is 91.8 Å². The first-order valence-corrected chi connectivity index (χ1v) is 10.2. The summed E-state index contributed by atoms with van der Waals surface area (Å²) in [5, 5.41) is 6.19. The number of amides is 2. The summed E-state index contributed by atoms with van der Waals surface area (Å²) >= 11 is 0. The molecule has 3 N–H and O–H groups in total. The molecule has 0 saturated carbocycles. The van der Waals surface area contributed by atoms with E-state index in [0.29, 0.717) is 28.1 Å². The van der Waals surface area contributed by atoms with Crippen LogP contribution < -0.4 is 10.6 Å². The molecule has 4 heterocycles. The molecule has 0 aliphatic rings. The van der Waals surface area contributed by atoms with Gasteiger partial charge in [-0.25, -0.2) is 9.78 Å². The maximum Gasteiger partial charge on any atom is 0.323 e. The Balaban J connectivity index is 1.40.